The fourth-order valence-corrected chi connectivity index (χ4v) is 4.91. The first-order chi connectivity index (χ1) is 16.7. The third kappa shape index (κ3) is 4.10. The number of benzene rings is 3. The highest BCUT2D eigenvalue weighted by molar-refractivity contribution is 6.03. The van der Waals surface area contributed by atoms with Gasteiger partial charge >= 0.3 is 0 Å². The Morgan fingerprint density at radius 2 is 1.71 bits per heavy atom. The molecule has 1 heterocycles. The number of allylic oxidation sites excluding steroid dienone is 6. The highest BCUT2D eigenvalue weighted by Crippen LogP contribution is 2.38. The molecule has 0 unspecified atom stereocenters. The van der Waals surface area contributed by atoms with Gasteiger partial charge in [-0.2, -0.15) is 0 Å². The third-order valence-electron chi connectivity index (χ3n) is 6.60. The van der Waals surface area contributed by atoms with Crippen molar-refractivity contribution >= 4 is 34.3 Å². The standard InChI is InChI=1S/C33H31N/c1-4-6-17-29(5-2)34-32-18-11-16-27(25-13-8-7-9-14-25)22-30(32)31-23-28(19-20-33(31)34)26-15-10-12-24(3)21-26/h4,6-15,17-23H,5,16H2,1-3H3/b6-4-,29-17+. The largest absolute Gasteiger partial charge is 0.313 e. The first kappa shape index (κ1) is 22.0. The fraction of sp³-hybridized carbons (Fsp3) is 0.152. The van der Waals surface area contributed by atoms with Gasteiger partial charge in [-0.25, -0.2) is 0 Å². The molecular weight excluding hydrogens is 410 g/mol. The molecule has 0 saturated carbocycles. The van der Waals surface area contributed by atoms with E-state index in [1.807, 2.05) is 0 Å². The second kappa shape index (κ2) is 9.57. The van der Waals surface area contributed by atoms with E-state index in [9.17, 15) is 0 Å². The normalized spacial score (nSPS) is 13.9. The van der Waals surface area contributed by atoms with Crippen molar-refractivity contribution in [3.8, 4) is 11.1 Å². The second-order valence-corrected chi connectivity index (χ2v) is 8.92. The summed E-state index contributed by atoms with van der Waals surface area (Å²) < 4.78 is 2.45. The predicted molar refractivity (Wildman–Crippen MR) is 149 cm³/mol. The van der Waals surface area contributed by atoms with Gasteiger partial charge in [0, 0.05) is 16.6 Å². The van der Waals surface area contributed by atoms with E-state index >= 15 is 0 Å². The van der Waals surface area contributed by atoms with Crippen LogP contribution in [0.25, 0.3) is 45.5 Å². The lowest BCUT2D eigenvalue weighted by molar-refractivity contribution is 1.04. The van der Waals surface area contributed by atoms with Crippen LogP contribution in [0.1, 0.15) is 49.1 Å². The van der Waals surface area contributed by atoms with Gasteiger partial charge in [-0.15, -0.1) is 0 Å². The Bertz CT molecular complexity index is 1460. The first-order valence-electron chi connectivity index (χ1n) is 12.2. The maximum Gasteiger partial charge on any atom is 0.0538 e. The number of hydrogen-bond acceptors (Lipinski definition) is 0. The van der Waals surface area contributed by atoms with E-state index in [1.165, 1.54) is 55.7 Å². The summed E-state index contributed by atoms with van der Waals surface area (Å²) in [4.78, 5) is 0. The molecule has 0 N–H and O–H groups in total. The number of aryl methyl sites for hydroxylation is 1. The number of rotatable bonds is 5. The summed E-state index contributed by atoms with van der Waals surface area (Å²) in [5.41, 5.74) is 11.6. The van der Waals surface area contributed by atoms with Crippen LogP contribution in [0.5, 0.6) is 0 Å². The maximum atomic E-state index is 2.45. The van der Waals surface area contributed by atoms with Gasteiger partial charge in [0.25, 0.3) is 0 Å². The molecule has 1 heteroatoms. The van der Waals surface area contributed by atoms with E-state index in [1.54, 1.807) is 0 Å². The van der Waals surface area contributed by atoms with Gasteiger partial charge in [0.1, 0.15) is 0 Å². The zero-order valence-corrected chi connectivity index (χ0v) is 20.3. The van der Waals surface area contributed by atoms with Gasteiger partial charge in [0.2, 0.25) is 0 Å². The molecule has 168 valence electrons. The summed E-state index contributed by atoms with van der Waals surface area (Å²) in [7, 11) is 0. The van der Waals surface area contributed by atoms with Crippen LogP contribution in [0.15, 0.2) is 97.1 Å². The number of hydrogen-bond donors (Lipinski definition) is 0. The Morgan fingerprint density at radius 3 is 2.47 bits per heavy atom. The zero-order chi connectivity index (χ0) is 23.5. The summed E-state index contributed by atoms with van der Waals surface area (Å²) in [5.74, 6) is 0. The van der Waals surface area contributed by atoms with E-state index in [-0.39, 0.29) is 0 Å². The smallest absolute Gasteiger partial charge is 0.0538 e. The van der Waals surface area contributed by atoms with Crippen LogP contribution in [-0.4, -0.2) is 4.57 Å². The molecule has 1 nitrogen and oxygen atoms in total. The molecule has 5 rings (SSSR count). The van der Waals surface area contributed by atoms with Crippen molar-refractivity contribution < 1.29 is 0 Å². The van der Waals surface area contributed by atoms with Crippen molar-refractivity contribution in [1.29, 1.82) is 0 Å². The molecule has 0 bridgehead atoms. The van der Waals surface area contributed by atoms with Gasteiger partial charge in [-0.1, -0.05) is 91.4 Å². The SMILES string of the molecule is C/C=C\C=C(/CC)n1c2c(c3cc(-c4cccc(C)c4)ccc31)C=C(c1ccccc1)CC=C2. The molecule has 0 radical (unpaired) electrons. The van der Waals surface area contributed by atoms with Crippen LogP contribution in [0.4, 0.5) is 0 Å². The molecule has 0 saturated heterocycles. The minimum atomic E-state index is 0.928. The van der Waals surface area contributed by atoms with E-state index < -0.39 is 0 Å². The van der Waals surface area contributed by atoms with Crippen molar-refractivity contribution in [3.05, 3.63) is 119 Å². The average molecular weight is 442 g/mol. The second-order valence-electron chi connectivity index (χ2n) is 8.92. The molecule has 3 aromatic carbocycles. The summed E-state index contributed by atoms with van der Waals surface area (Å²) in [5, 5.41) is 1.30. The number of nitrogens with zero attached hydrogens (tertiary/aromatic N) is 1. The van der Waals surface area contributed by atoms with Crippen LogP contribution < -0.4 is 0 Å². The quantitative estimate of drug-likeness (QED) is 0.272. The molecule has 0 atom stereocenters. The lowest BCUT2D eigenvalue weighted by atomic mass is 9.98. The Labute approximate surface area is 203 Å². The fourth-order valence-electron chi connectivity index (χ4n) is 4.91. The van der Waals surface area contributed by atoms with E-state index in [0.29, 0.717) is 0 Å². The van der Waals surface area contributed by atoms with Crippen molar-refractivity contribution in [2.75, 3.05) is 0 Å². The topological polar surface area (TPSA) is 4.93 Å². The zero-order valence-electron chi connectivity index (χ0n) is 20.3. The van der Waals surface area contributed by atoms with Crippen LogP contribution in [0.2, 0.25) is 0 Å². The summed E-state index contributed by atoms with van der Waals surface area (Å²) in [6.45, 7) is 6.46. The van der Waals surface area contributed by atoms with Gasteiger partial charge in [0.05, 0.1) is 11.2 Å². The van der Waals surface area contributed by atoms with Crippen LogP contribution in [0.3, 0.4) is 0 Å². The summed E-state index contributed by atoms with van der Waals surface area (Å²) >= 11 is 0. The van der Waals surface area contributed by atoms with E-state index in [4.69, 9.17) is 0 Å². The Kier molecular flexibility index (Phi) is 6.18. The molecular formula is C33H31N. The molecule has 0 amide bonds. The molecule has 1 aliphatic carbocycles. The number of aromatic nitrogens is 1. The molecule has 1 aliphatic rings. The predicted octanol–water partition coefficient (Wildman–Crippen LogP) is 9.40. The lowest BCUT2D eigenvalue weighted by Gasteiger charge is -2.12. The van der Waals surface area contributed by atoms with Crippen LogP contribution >= 0.6 is 0 Å². The summed E-state index contributed by atoms with van der Waals surface area (Å²) in [6.07, 6.45) is 15.4. The lowest BCUT2D eigenvalue weighted by Crippen LogP contribution is -1.98. The first-order valence-corrected chi connectivity index (χ1v) is 12.2. The highest BCUT2D eigenvalue weighted by atomic mass is 15.0. The molecule has 0 fully saturated rings. The molecule has 1 aromatic heterocycles. The Hall–Kier alpha value is -3.84. The van der Waals surface area contributed by atoms with Crippen molar-refractivity contribution in [1.82, 2.24) is 4.57 Å². The Morgan fingerprint density at radius 1 is 0.912 bits per heavy atom. The Balaban J connectivity index is 1.80. The van der Waals surface area contributed by atoms with Gasteiger partial charge in [0.15, 0.2) is 0 Å². The number of fused-ring (bicyclic) bond motifs is 3. The molecule has 34 heavy (non-hydrogen) atoms. The minimum absolute atomic E-state index is 0.928. The van der Waals surface area contributed by atoms with Crippen LogP contribution in [0, 0.1) is 6.92 Å². The highest BCUT2D eigenvalue weighted by Gasteiger charge is 2.19. The summed E-state index contributed by atoms with van der Waals surface area (Å²) in [6, 6.07) is 26.5. The molecule has 0 aliphatic heterocycles. The van der Waals surface area contributed by atoms with Gasteiger partial charge in [-0.05, 0) is 79.3 Å². The maximum absolute atomic E-state index is 2.45. The van der Waals surface area contributed by atoms with E-state index in [0.717, 1.165) is 12.8 Å². The third-order valence-corrected chi connectivity index (χ3v) is 6.60. The van der Waals surface area contributed by atoms with Crippen molar-refractivity contribution in [2.45, 2.75) is 33.6 Å². The van der Waals surface area contributed by atoms with Gasteiger partial charge in [-0.3, -0.25) is 0 Å². The van der Waals surface area contributed by atoms with Crippen molar-refractivity contribution in [2.24, 2.45) is 0 Å². The van der Waals surface area contributed by atoms with Crippen LogP contribution in [-0.2, 0) is 0 Å². The van der Waals surface area contributed by atoms with E-state index in [2.05, 4.69) is 135 Å². The molecule has 0 spiro atoms. The average Bonchev–Trinajstić information content (AvgIpc) is 3.01. The molecule has 4 aromatic rings. The monoisotopic (exact) mass is 441 g/mol. The van der Waals surface area contributed by atoms with Crippen molar-refractivity contribution in [3.63, 3.8) is 0 Å². The minimum Gasteiger partial charge on any atom is -0.313 e. The van der Waals surface area contributed by atoms with Gasteiger partial charge < -0.3 is 4.57 Å².